The number of carboxylic acids is 1. The van der Waals surface area contributed by atoms with Crippen molar-refractivity contribution in [1.82, 2.24) is 4.90 Å². The van der Waals surface area contributed by atoms with Crippen molar-refractivity contribution < 1.29 is 14.6 Å². The fourth-order valence-corrected chi connectivity index (χ4v) is 1.49. The van der Waals surface area contributed by atoms with Crippen molar-refractivity contribution in [3.8, 4) is 5.75 Å². The molecule has 0 amide bonds. The number of rotatable bonds is 6. The molecule has 0 bridgehead atoms. The van der Waals surface area contributed by atoms with Crippen molar-refractivity contribution in [2.75, 3.05) is 20.7 Å². The highest BCUT2D eigenvalue weighted by Crippen LogP contribution is 2.12. The van der Waals surface area contributed by atoms with Crippen LogP contribution in [0.15, 0.2) is 35.9 Å². The van der Waals surface area contributed by atoms with Crippen molar-refractivity contribution >= 4 is 5.97 Å². The number of likely N-dealkylation sites (N-methyl/N-ethyl adjacent to an activating group) is 1. The number of ether oxygens (including phenoxy) is 1. The molecular weight excluding hydrogens is 230 g/mol. The van der Waals surface area contributed by atoms with Gasteiger partial charge in [0, 0.05) is 18.7 Å². The van der Waals surface area contributed by atoms with Gasteiger partial charge in [0.1, 0.15) is 5.75 Å². The molecule has 0 heterocycles. The number of benzene rings is 1. The third kappa shape index (κ3) is 4.59. The molecule has 0 atom stereocenters. The zero-order valence-electron chi connectivity index (χ0n) is 11.0. The Bertz CT molecular complexity index is 423. The fraction of sp³-hybridized carbons (Fsp3) is 0.357. The molecule has 0 saturated heterocycles. The Hall–Kier alpha value is -1.81. The number of nitrogens with zero attached hydrogens (tertiary/aromatic N) is 1. The molecule has 0 fully saturated rings. The van der Waals surface area contributed by atoms with Gasteiger partial charge in [-0.3, -0.25) is 4.90 Å². The van der Waals surface area contributed by atoms with E-state index >= 15 is 0 Å². The van der Waals surface area contributed by atoms with Crippen LogP contribution in [0.3, 0.4) is 0 Å². The quantitative estimate of drug-likeness (QED) is 0.785. The summed E-state index contributed by atoms with van der Waals surface area (Å²) in [4.78, 5) is 12.7. The van der Waals surface area contributed by atoms with E-state index in [9.17, 15) is 4.79 Å². The molecule has 4 heteroatoms. The lowest BCUT2D eigenvalue weighted by Gasteiger charge is -2.14. The SMILES string of the molecule is COc1ccc(CN(C)CC=C(C)C(=O)O)cc1. The first-order valence-corrected chi connectivity index (χ1v) is 5.74. The highest BCUT2D eigenvalue weighted by Gasteiger charge is 2.02. The van der Waals surface area contributed by atoms with E-state index in [0.717, 1.165) is 12.3 Å². The highest BCUT2D eigenvalue weighted by molar-refractivity contribution is 5.85. The van der Waals surface area contributed by atoms with Crippen LogP contribution in [-0.2, 0) is 11.3 Å². The minimum absolute atomic E-state index is 0.372. The van der Waals surface area contributed by atoms with Gasteiger partial charge in [0.25, 0.3) is 0 Å². The Labute approximate surface area is 107 Å². The molecule has 1 aromatic rings. The van der Waals surface area contributed by atoms with Crippen LogP contribution >= 0.6 is 0 Å². The van der Waals surface area contributed by atoms with Crippen LogP contribution in [0.2, 0.25) is 0 Å². The van der Waals surface area contributed by atoms with Crippen molar-refractivity contribution in [1.29, 1.82) is 0 Å². The third-order valence-electron chi connectivity index (χ3n) is 2.66. The van der Waals surface area contributed by atoms with E-state index in [1.165, 1.54) is 5.56 Å². The molecule has 0 aliphatic rings. The second-order valence-corrected chi connectivity index (χ2v) is 4.24. The van der Waals surface area contributed by atoms with E-state index in [1.54, 1.807) is 20.1 Å². The van der Waals surface area contributed by atoms with Crippen molar-refractivity contribution in [2.24, 2.45) is 0 Å². The first-order valence-electron chi connectivity index (χ1n) is 5.74. The van der Waals surface area contributed by atoms with E-state index < -0.39 is 5.97 Å². The molecule has 1 aromatic carbocycles. The van der Waals surface area contributed by atoms with Crippen LogP contribution in [-0.4, -0.2) is 36.7 Å². The van der Waals surface area contributed by atoms with Crippen molar-refractivity contribution in [3.63, 3.8) is 0 Å². The first-order chi connectivity index (χ1) is 8.52. The topological polar surface area (TPSA) is 49.8 Å². The molecule has 18 heavy (non-hydrogen) atoms. The predicted octanol–water partition coefficient (Wildman–Crippen LogP) is 2.16. The number of hydrogen-bond acceptors (Lipinski definition) is 3. The minimum atomic E-state index is -0.868. The van der Waals surface area contributed by atoms with Gasteiger partial charge in [-0.25, -0.2) is 4.79 Å². The summed E-state index contributed by atoms with van der Waals surface area (Å²) < 4.78 is 5.09. The molecule has 98 valence electrons. The summed E-state index contributed by atoms with van der Waals surface area (Å²) in [5, 5.41) is 8.74. The Morgan fingerprint density at radius 3 is 2.50 bits per heavy atom. The van der Waals surface area contributed by atoms with Gasteiger partial charge in [0.15, 0.2) is 0 Å². The molecular formula is C14H19NO3. The van der Waals surface area contributed by atoms with Crippen molar-refractivity contribution in [2.45, 2.75) is 13.5 Å². The normalized spacial score (nSPS) is 11.7. The largest absolute Gasteiger partial charge is 0.497 e. The molecule has 1 N–H and O–H groups in total. The van der Waals surface area contributed by atoms with Crippen LogP contribution in [0.4, 0.5) is 0 Å². The highest BCUT2D eigenvalue weighted by atomic mass is 16.5. The zero-order valence-corrected chi connectivity index (χ0v) is 11.0. The summed E-state index contributed by atoms with van der Waals surface area (Å²) in [6, 6.07) is 7.84. The predicted molar refractivity (Wildman–Crippen MR) is 70.7 cm³/mol. The van der Waals surface area contributed by atoms with Gasteiger partial charge < -0.3 is 9.84 Å². The van der Waals surface area contributed by atoms with Gasteiger partial charge in [-0.05, 0) is 31.7 Å². The van der Waals surface area contributed by atoms with E-state index in [2.05, 4.69) is 0 Å². The second kappa shape index (κ2) is 6.81. The Morgan fingerprint density at radius 1 is 1.39 bits per heavy atom. The van der Waals surface area contributed by atoms with E-state index in [0.29, 0.717) is 12.1 Å². The molecule has 0 unspecified atom stereocenters. The Kier molecular flexibility index (Phi) is 5.39. The maximum absolute atomic E-state index is 10.6. The van der Waals surface area contributed by atoms with Gasteiger partial charge in [-0.1, -0.05) is 18.2 Å². The van der Waals surface area contributed by atoms with Gasteiger partial charge in [0.2, 0.25) is 0 Å². The summed E-state index contributed by atoms with van der Waals surface area (Å²) in [5.74, 6) is -0.0316. The maximum Gasteiger partial charge on any atom is 0.330 e. The molecule has 4 nitrogen and oxygen atoms in total. The van der Waals surface area contributed by atoms with Crippen LogP contribution in [0, 0.1) is 0 Å². The number of hydrogen-bond donors (Lipinski definition) is 1. The van der Waals surface area contributed by atoms with E-state index in [4.69, 9.17) is 9.84 Å². The lowest BCUT2D eigenvalue weighted by atomic mass is 10.2. The smallest absolute Gasteiger partial charge is 0.330 e. The maximum atomic E-state index is 10.6. The monoisotopic (exact) mass is 249 g/mol. The minimum Gasteiger partial charge on any atom is -0.497 e. The Morgan fingerprint density at radius 2 is 2.00 bits per heavy atom. The van der Waals surface area contributed by atoms with Gasteiger partial charge >= 0.3 is 5.97 Å². The average molecular weight is 249 g/mol. The molecule has 0 aromatic heterocycles. The summed E-state index contributed by atoms with van der Waals surface area (Å²) >= 11 is 0. The van der Waals surface area contributed by atoms with Gasteiger partial charge in [-0.15, -0.1) is 0 Å². The zero-order chi connectivity index (χ0) is 13.5. The lowest BCUT2D eigenvalue weighted by molar-refractivity contribution is -0.132. The number of carbonyl (C=O) groups is 1. The first kappa shape index (κ1) is 14.3. The van der Waals surface area contributed by atoms with Gasteiger partial charge in [-0.2, -0.15) is 0 Å². The summed E-state index contributed by atoms with van der Waals surface area (Å²) in [7, 11) is 3.59. The lowest BCUT2D eigenvalue weighted by Crippen LogP contribution is -2.18. The van der Waals surface area contributed by atoms with Crippen LogP contribution in [0.25, 0.3) is 0 Å². The average Bonchev–Trinajstić information content (AvgIpc) is 2.36. The van der Waals surface area contributed by atoms with Gasteiger partial charge in [0.05, 0.1) is 7.11 Å². The Balaban J connectivity index is 2.51. The molecule has 0 aliphatic carbocycles. The summed E-state index contributed by atoms with van der Waals surface area (Å²) in [6.07, 6.45) is 1.71. The standard InChI is InChI=1S/C14H19NO3/c1-11(14(16)17)8-9-15(2)10-12-4-6-13(18-3)7-5-12/h4-8H,9-10H2,1-3H3,(H,16,17). The summed E-state index contributed by atoms with van der Waals surface area (Å²) in [5.41, 5.74) is 1.54. The number of aliphatic carboxylic acids is 1. The van der Waals surface area contributed by atoms with Crippen LogP contribution in [0.5, 0.6) is 5.75 Å². The molecule has 0 spiro atoms. The van der Waals surface area contributed by atoms with E-state index in [1.807, 2.05) is 36.2 Å². The molecule has 0 aliphatic heterocycles. The fourth-order valence-electron chi connectivity index (χ4n) is 1.49. The van der Waals surface area contributed by atoms with Crippen LogP contribution < -0.4 is 4.74 Å². The molecule has 1 rings (SSSR count). The molecule has 0 saturated carbocycles. The third-order valence-corrected chi connectivity index (χ3v) is 2.66. The molecule has 0 radical (unpaired) electrons. The number of carboxylic acid groups (broad SMARTS) is 1. The second-order valence-electron chi connectivity index (χ2n) is 4.24. The summed E-state index contributed by atoms with van der Waals surface area (Å²) in [6.45, 7) is 2.99. The van der Waals surface area contributed by atoms with E-state index in [-0.39, 0.29) is 0 Å². The van der Waals surface area contributed by atoms with Crippen LogP contribution in [0.1, 0.15) is 12.5 Å². The number of methoxy groups -OCH3 is 1. The van der Waals surface area contributed by atoms with Crippen molar-refractivity contribution in [3.05, 3.63) is 41.5 Å².